The van der Waals surface area contributed by atoms with Gasteiger partial charge < -0.3 is 4.57 Å². The van der Waals surface area contributed by atoms with Gasteiger partial charge in [-0.1, -0.05) is 11.6 Å². The molecule has 78 valence electrons. The molecule has 0 aliphatic carbocycles. The number of hydrogen-bond donors (Lipinski definition) is 0. The minimum Gasteiger partial charge on any atom is -0.348 e. The predicted octanol–water partition coefficient (Wildman–Crippen LogP) is 3.45. The number of hydrogen-bond acceptors (Lipinski definition) is 2. The lowest BCUT2D eigenvalue weighted by molar-refractivity contribution is 0.101. The van der Waals surface area contributed by atoms with Gasteiger partial charge in [-0.3, -0.25) is 4.79 Å². The molecule has 15 heavy (non-hydrogen) atoms. The molecular weight excluding hydrogens is 230 g/mol. The van der Waals surface area contributed by atoms with Crippen LogP contribution >= 0.6 is 22.9 Å². The monoisotopic (exact) mass is 239 g/mol. The molecule has 0 radical (unpaired) electrons. The first-order valence-electron chi connectivity index (χ1n) is 4.56. The Hall–Kier alpha value is -1.06. The molecule has 0 bridgehead atoms. The third-order valence-electron chi connectivity index (χ3n) is 2.12. The van der Waals surface area contributed by atoms with E-state index >= 15 is 0 Å². The average molecular weight is 240 g/mol. The van der Waals surface area contributed by atoms with Crippen molar-refractivity contribution in [2.45, 2.75) is 13.5 Å². The number of ketones is 1. The molecule has 0 fully saturated rings. The van der Waals surface area contributed by atoms with E-state index in [-0.39, 0.29) is 5.78 Å². The van der Waals surface area contributed by atoms with Crippen molar-refractivity contribution in [2.75, 3.05) is 0 Å². The second-order valence-corrected chi connectivity index (χ2v) is 5.13. The van der Waals surface area contributed by atoms with E-state index in [0.29, 0.717) is 0 Å². The molecular formula is C11H10ClNOS. The van der Waals surface area contributed by atoms with Gasteiger partial charge in [0.25, 0.3) is 0 Å². The summed E-state index contributed by atoms with van der Waals surface area (Å²) in [5, 5.41) is 0. The molecule has 4 heteroatoms. The van der Waals surface area contributed by atoms with Crippen molar-refractivity contribution >= 4 is 28.7 Å². The number of nitrogens with zero attached hydrogens (tertiary/aromatic N) is 1. The normalized spacial score (nSPS) is 10.5. The maximum Gasteiger partial charge on any atom is 0.161 e. The van der Waals surface area contributed by atoms with E-state index in [1.54, 1.807) is 18.3 Å². The van der Waals surface area contributed by atoms with Crippen LogP contribution in [0.2, 0.25) is 4.34 Å². The number of carbonyl (C=O) groups is 1. The highest BCUT2D eigenvalue weighted by Crippen LogP contribution is 2.22. The third kappa shape index (κ3) is 2.49. The second-order valence-electron chi connectivity index (χ2n) is 3.33. The van der Waals surface area contributed by atoms with E-state index in [4.69, 9.17) is 11.6 Å². The zero-order chi connectivity index (χ0) is 10.8. The Labute approximate surface area is 97.1 Å². The van der Waals surface area contributed by atoms with Crippen LogP contribution in [0, 0.1) is 0 Å². The largest absolute Gasteiger partial charge is 0.348 e. The van der Waals surface area contributed by atoms with E-state index in [1.165, 1.54) is 4.88 Å². The van der Waals surface area contributed by atoms with E-state index < -0.39 is 0 Å². The number of carbonyl (C=O) groups excluding carboxylic acids is 1. The smallest absolute Gasteiger partial charge is 0.161 e. The zero-order valence-corrected chi connectivity index (χ0v) is 9.81. The quantitative estimate of drug-likeness (QED) is 0.752. The summed E-state index contributed by atoms with van der Waals surface area (Å²) in [6.45, 7) is 2.34. The van der Waals surface area contributed by atoms with Gasteiger partial charge in [0.05, 0.1) is 10.9 Å². The van der Waals surface area contributed by atoms with Crippen LogP contribution in [0.3, 0.4) is 0 Å². The van der Waals surface area contributed by atoms with Crippen LogP contribution in [-0.4, -0.2) is 10.4 Å². The fourth-order valence-corrected chi connectivity index (χ4v) is 2.46. The van der Waals surface area contributed by atoms with E-state index in [2.05, 4.69) is 0 Å². The molecule has 2 heterocycles. The maximum atomic E-state index is 11.1. The van der Waals surface area contributed by atoms with Gasteiger partial charge in [0.2, 0.25) is 0 Å². The molecule has 0 N–H and O–H groups in total. The highest BCUT2D eigenvalue weighted by molar-refractivity contribution is 7.16. The van der Waals surface area contributed by atoms with Crippen LogP contribution in [0.4, 0.5) is 0 Å². The van der Waals surface area contributed by atoms with Crippen molar-refractivity contribution in [1.29, 1.82) is 0 Å². The first-order valence-corrected chi connectivity index (χ1v) is 5.75. The predicted molar refractivity (Wildman–Crippen MR) is 62.9 cm³/mol. The molecule has 2 aromatic heterocycles. The van der Waals surface area contributed by atoms with Gasteiger partial charge >= 0.3 is 0 Å². The molecule has 0 amide bonds. The average Bonchev–Trinajstić information content (AvgIpc) is 2.76. The Morgan fingerprint density at radius 2 is 2.27 bits per heavy atom. The summed E-state index contributed by atoms with van der Waals surface area (Å²) in [7, 11) is 0. The van der Waals surface area contributed by atoms with Gasteiger partial charge in [-0.15, -0.1) is 11.3 Å². The van der Waals surface area contributed by atoms with E-state index in [9.17, 15) is 4.79 Å². The maximum absolute atomic E-state index is 11.1. The molecule has 0 spiro atoms. The van der Waals surface area contributed by atoms with Gasteiger partial charge in [0.15, 0.2) is 5.78 Å². The molecule has 0 atom stereocenters. The van der Waals surface area contributed by atoms with Crippen LogP contribution in [0.25, 0.3) is 0 Å². The van der Waals surface area contributed by atoms with Gasteiger partial charge in [0, 0.05) is 22.8 Å². The van der Waals surface area contributed by atoms with Crippen LogP contribution in [0.15, 0.2) is 30.6 Å². The molecule has 0 aliphatic heterocycles. The summed E-state index contributed by atoms with van der Waals surface area (Å²) in [6, 6.07) is 5.72. The number of aromatic nitrogens is 1. The fraction of sp³-hybridized carbons (Fsp3) is 0.182. The number of Topliss-reactive ketones (excluding diaryl/α,β-unsaturated/α-hetero) is 1. The van der Waals surface area contributed by atoms with Gasteiger partial charge in [0.1, 0.15) is 0 Å². The summed E-state index contributed by atoms with van der Waals surface area (Å²) in [5.74, 6) is 0.0953. The summed E-state index contributed by atoms with van der Waals surface area (Å²) in [4.78, 5) is 12.3. The molecule has 0 saturated carbocycles. The lowest BCUT2D eigenvalue weighted by Crippen LogP contribution is -1.94. The number of halogens is 1. The standard InChI is InChI=1S/C11H10ClNOS/c1-8(14)9-4-5-13(6-9)7-10-2-3-11(12)15-10/h2-6H,7H2,1H3. The summed E-state index contributed by atoms with van der Waals surface area (Å²) in [5.41, 5.74) is 0.748. The van der Waals surface area contributed by atoms with Crippen molar-refractivity contribution in [3.63, 3.8) is 0 Å². The Bertz CT molecular complexity index is 486. The molecule has 0 saturated heterocycles. The molecule has 2 aromatic rings. The summed E-state index contributed by atoms with van der Waals surface area (Å²) < 4.78 is 2.78. The molecule has 0 aliphatic rings. The summed E-state index contributed by atoms with van der Waals surface area (Å²) in [6.07, 6.45) is 3.76. The van der Waals surface area contributed by atoms with Gasteiger partial charge in [-0.05, 0) is 25.1 Å². The fourth-order valence-electron chi connectivity index (χ4n) is 1.36. The highest BCUT2D eigenvalue weighted by Gasteiger charge is 2.03. The van der Waals surface area contributed by atoms with Gasteiger partial charge in [-0.2, -0.15) is 0 Å². The highest BCUT2D eigenvalue weighted by atomic mass is 35.5. The topological polar surface area (TPSA) is 22.0 Å². The SMILES string of the molecule is CC(=O)c1ccn(Cc2ccc(Cl)s2)c1. The van der Waals surface area contributed by atoms with Crippen LogP contribution in [0.5, 0.6) is 0 Å². The summed E-state index contributed by atoms with van der Waals surface area (Å²) >= 11 is 7.40. The second kappa shape index (κ2) is 4.21. The number of thiophene rings is 1. The lowest BCUT2D eigenvalue weighted by atomic mass is 10.2. The minimum atomic E-state index is 0.0953. The van der Waals surface area contributed by atoms with Crippen molar-refractivity contribution < 1.29 is 4.79 Å². The molecule has 0 aromatic carbocycles. The first kappa shape index (κ1) is 10.5. The van der Waals surface area contributed by atoms with Crippen molar-refractivity contribution in [3.8, 4) is 0 Å². The van der Waals surface area contributed by atoms with Crippen molar-refractivity contribution in [2.24, 2.45) is 0 Å². The van der Waals surface area contributed by atoms with Gasteiger partial charge in [-0.25, -0.2) is 0 Å². The van der Waals surface area contributed by atoms with E-state index in [1.807, 2.05) is 35.2 Å². The molecule has 2 rings (SSSR count). The first-order chi connectivity index (χ1) is 7.15. The minimum absolute atomic E-state index is 0.0953. The zero-order valence-electron chi connectivity index (χ0n) is 8.24. The third-order valence-corrected chi connectivity index (χ3v) is 3.34. The van der Waals surface area contributed by atoms with Crippen LogP contribution < -0.4 is 0 Å². The Kier molecular flexibility index (Phi) is 2.93. The number of rotatable bonds is 3. The van der Waals surface area contributed by atoms with Crippen LogP contribution in [-0.2, 0) is 6.54 Å². The molecule has 0 unspecified atom stereocenters. The Morgan fingerprint density at radius 3 is 2.80 bits per heavy atom. The van der Waals surface area contributed by atoms with Crippen LogP contribution in [0.1, 0.15) is 22.2 Å². The Balaban J connectivity index is 2.14. The van der Waals surface area contributed by atoms with Crippen molar-refractivity contribution in [1.82, 2.24) is 4.57 Å². The van der Waals surface area contributed by atoms with Crippen molar-refractivity contribution in [3.05, 3.63) is 45.4 Å². The lowest BCUT2D eigenvalue weighted by Gasteiger charge is -1.98. The van der Waals surface area contributed by atoms with E-state index in [0.717, 1.165) is 16.4 Å². The Morgan fingerprint density at radius 1 is 1.47 bits per heavy atom. The molecule has 2 nitrogen and oxygen atoms in total.